The number of carbonyl (C=O) groups is 2. The summed E-state index contributed by atoms with van der Waals surface area (Å²) in [5.74, 6) is 1.10. The Balaban J connectivity index is 1.18. The van der Waals surface area contributed by atoms with E-state index in [0.29, 0.717) is 12.5 Å². The second-order valence-corrected chi connectivity index (χ2v) is 8.95. The summed E-state index contributed by atoms with van der Waals surface area (Å²) in [6, 6.07) is 10.3. The molecule has 2 saturated carbocycles. The van der Waals surface area contributed by atoms with E-state index in [1.54, 1.807) is 6.08 Å². The minimum atomic E-state index is 0.0940. The molecule has 2 amide bonds. The SMILES string of the molecule is O=C(CCC1CCCC1)NC1CC12CCN(C(=O)C=Cc1ccccc1)CC2. The lowest BCUT2D eigenvalue weighted by atomic mass is 9.92. The van der Waals surface area contributed by atoms with Gasteiger partial charge in [0.2, 0.25) is 11.8 Å². The number of rotatable bonds is 6. The number of hydrogen-bond donors (Lipinski definition) is 1. The Bertz CT molecular complexity index is 713. The van der Waals surface area contributed by atoms with E-state index in [0.717, 1.165) is 50.3 Å². The van der Waals surface area contributed by atoms with Crippen molar-refractivity contribution in [3.63, 3.8) is 0 Å². The average Bonchev–Trinajstić information content (AvgIpc) is 3.13. The summed E-state index contributed by atoms with van der Waals surface area (Å²) in [4.78, 5) is 26.7. The molecule has 0 aromatic heterocycles. The van der Waals surface area contributed by atoms with E-state index in [1.165, 1.54) is 25.7 Å². The monoisotopic (exact) mass is 380 g/mol. The van der Waals surface area contributed by atoms with Gasteiger partial charge in [0.25, 0.3) is 0 Å². The number of likely N-dealkylation sites (tertiary alicyclic amines) is 1. The highest BCUT2D eigenvalue weighted by Gasteiger charge is 2.55. The number of benzene rings is 1. The summed E-state index contributed by atoms with van der Waals surface area (Å²) in [6.45, 7) is 1.60. The van der Waals surface area contributed by atoms with Gasteiger partial charge < -0.3 is 10.2 Å². The highest BCUT2D eigenvalue weighted by Crippen LogP contribution is 2.54. The smallest absolute Gasteiger partial charge is 0.246 e. The molecule has 3 fully saturated rings. The molecule has 0 bridgehead atoms. The fraction of sp³-hybridized carbons (Fsp3) is 0.583. The van der Waals surface area contributed by atoms with E-state index in [4.69, 9.17) is 0 Å². The van der Waals surface area contributed by atoms with Gasteiger partial charge >= 0.3 is 0 Å². The van der Waals surface area contributed by atoms with E-state index in [9.17, 15) is 9.59 Å². The minimum absolute atomic E-state index is 0.0940. The Morgan fingerprint density at radius 2 is 1.82 bits per heavy atom. The third-order valence-corrected chi connectivity index (χ3v) is 7.07. The zero-order valence-electron chi connectivity index (χ0n) is 16.7. The van der Waals surface area contributed by atoms with Gasteiger partial charge in [0.05, 0.1) is 0 Å². The first-order valence-corrected chi connectivity index (χ1v) is 11.0. The van der Waals surface area contributed by atoms with Crippen LogP contribution < -0.4 is 5.32 Å². The summed E-state index contributed by atoms with van der Waals surface area (Å²) < 4.78 is 0. The van der Waals surface area contributed by atoms with Gasteiger partial charge in [0, 0.05) is 31.6 Å². The molecule has 1 aliphatic heterocycles. The fourth-order valence-corrected chi connectivity index (χ4v) is 5.01. The number of amides is 2. The number of nitrogens with one attached hydrogen (secondary N) is 1. The van der Waals surface area contributed by atoms with Gasteiger partial charge in [-0.1, -0.05) is 56.0 Å². The van der Waals surface area contributed by atoms with Crippen LogP contribution in [0.15, 0.2) is 36.4 Å². The standard InChI is InChI=1S/C24H32N2O2/c27-22(12-10-19-8-4-5-9-19)25-21-18-24(21)14-16-26(17-15-24)23(28)13-11-20-6-2-1-3-7-20/h1-3,6-7,11,13,19,21H,4-5,8-10,12,14-18H2,(H,25,27). The molecule has 28 heavy (non-hydrogen) atoms. The Kier molecular flexibility index (Phi) is 5.84. The summed E-state index contributed by atoms with van der Waals surface area (Å²) in [5, 5.41) is 3.27. The van der Waals surface area contributed by atoms with Crippen molar-refractivity contribution < 1.29 is 9.59 Å². The first kappa shape index (κ1) is 19.2. The summed E-state index contributed by atoms with van der Waals surface area (Å²) in [5.41, 5.74) is 1.30. The van der Waals surface area contributed by atoms with Crippen molar-refractivity contribution in [1.82, 2.24) is 10.2 Å². The highest BCUT2D eigenvalue weighted by atomic mass is 16.2. The molecule has 4 nitrogen and oxygen atoms in total. The van der Waals surface area contributed by atoms with Crippen molar-refractivity contribution >= 4 is 17.9 Å². The molecule has 1 N–H and O–H groups in total. The van der Waals surface area contributed by atoms with Gasteiger partial charge in [-0.25, -0.2) is 0 Å². The molecule has 1 atom stereocenters. The van der Waals surface area contributed by atoms with Crippen LogP contribution >= 0.6 is 0 Å². The van der Waals surface area contributed by atoms with Crippen LogP contribution in [0.4, 0.5) is 0 Å². The highest BCUT2D eigenvalue weighted by molar-refractivity contribution is 5.91. The Labute approximate surface area is 168 Å². The van der Waals surface area contributed by atoms with Crippen molar-refractivity contribution in [3.8, 4) is 0 Å². The maximum Gasteiger partial charge on any atom is 0.246 e. The van der Waals surface area contributed by atoms with Crippen LogP contribution in [0.5, 0.6) is 0 Å². The fourth-order valence-electron chi connectivity index (χ4n) is 5.01. The van der Waals surface area contributed by atoms with Crippen molar-refractivity contribution in [2.75, 3.05) is 13.1 Å². The molecule has 1 heterocycles. The van der Waals surface area contributed by atoms with Crippen LogP contribution in [0.25, 0.3) is 6.08 Å². The predicted molar refractivity (Wildman–Crippen MR) is 111 cm³/mol. The molecule has 1 aromatic carbocycles. The molecule has 4 heteroatoms. The first-order valence-electron chi connectivity index (χ1n) is 11.0. The molecule has 0 radical (unpaired) electrons. The van der Waals surface area contributed by atoms with E-state index < -0.39 is 0 Å². The molecule has 2 aliphatic carbocycles. The Morgan fingerprint density at radius 3 is 2.54 bits per heavy atom. The Hall–Kier alpha value is -2.10. The topological polar surface area (TPSA) is 49.4 Å². The van der Waals surface area contributed by atoms with Crippen LogP contribution in [0.3, 0.4) is 0 Å². The predicted octanol–water partition coefficient (Wildman–Crippen LogP) is 4.17. The van der Waals surface area contributed by atoms with Gasteiger partial charge in [-0.05, 0) is 48.7 Å². The van der Waals surface area contributed by atoms with E-state index >= 15 is 0 Å². The van der Waals surface area contributed by atoms with Crippen molar-refractivity contribution in [2.45, 2.75) is 63.8 Å². The van der Waals surface area contributed by atoms with Gasteiger partial charge in [-0.15, -0.1) is 0 Å². The molecule has 4 rings (SSSR count). The van der Waals surface area contributed by atoms with E-state index in [1.807, 2.05) is 41.3 Å². The van der Waals surface area contributed by atoms with Gasteiger partial charge in [-0.3, -0.25) is 9.59 Å². The summed E-state index contributed by atoms with van der Waals surface area (Å²) in [6.07, 6.45) is 13.7. The molecule has 1 unspecified atom stereocenters. The zero-order valence-corrected chi connectivity index (χ0v) is 16.7. The first-order chi connectivity index (χ1) is 13.6. The lowest BCUT2D eigenvalue weighted by Gasteiger charge is -2.32. The minimum Gasteiger partial charge on any atom is -0.353 e. The quantitative estimate of drug-likeness (QED) is 0.753. The van der Waals surface area contributed by atoms with E-state index in [-0.39, 0.29) is 17.2 Å². The lowest BCUT2D eigenvalue weighted by molar-refractivity contribution is -0.128. The molecule has 150 valence electrons. The molecule has 1 saturated heterocycles. The zero-order chi connectivity index (χ0) is 19.4. The third kappa shape index (κ3) is 4.65. The van der Waals surface area contributed by atoms with Gasteiger partial charge in [0.1, 0.15) is 0 Å². The summed E-state index contributed by atoms with van der Waals surface area (Å²) in [7, 11) is 0. The number of nitrogens with zero attached hydrogens (tertiary/aromatic N) is 1. The van der Waals surface area contributed by atoms with Crippen LogP contribution in [0.2, 0.25) is 0 Å². The largest absolute Gasteiger partial charge is 0.353 e. The number of carbonyl (C=O) groups excluding carboxylic acids is 2. The maximum absolute atomic E-state index is 12.4. The molecule has 3 aliphatic rings. The van der Waals surface area contributed by atoms with Crippen LogP contribution in [-0.2, 0) is 9.59 Å². The van der Waals surface area contributed by atoms with Crippen LogP contribution in [0.1, 0.15) is 63.4 Å². The number of piperidine rings is 1. The van der Waals surface area contributed by atoms with Gasteiger partial charge in [0.15, 0.2) is 0 Å². The van der Waals surface area contributed by atoms with Crippen LogP contribution in [0, 0.1) is 11.3 Å². The van der Waals surface area contributed by atoms with Crippen LogP contribution in [-0.4, -0.2) is 35.8 Å². The number of hydrogen-bond acceptors (Lipinski definition) is 2. The van der Waals surface area contributed by atoms with Gasteiger partial charge in [-0.2, -0.15) is 0 Å². The lowest BCUT2D eigenvalue weighted by Crippen LogP contribution is -2.41. The van der Waals surface area contributed by atoms with E-state index in [2.05, 4.69) is 5.32 Å². The summed E-state index contributed by atoms with van der Waals surface area (Å²) >= 11 is 0. The van der Waals surface area contributed by atoms with Crippen molar-refractivity contribution in [1.29, 1.82) is 0 Å². The molecule has 1 spiro atoms. The van der Waals surface area contributed by atoms with Crippen molar-refractivity contribution in [3.05, 3.63) is 42.0 Å². The van der Waals surface area contributed by atoms with Crippen molar-refractivity contribution in [2.24, 2.45) is 11.3 Å². The molecule has 1 aromatic rings. The second-order valence-electron chi connectivity index (χ2n) is 8.95. The Morgan fingerprint density at radius 1 is 1.11 bits per heavy atom. The maximum atomic E-state index is 12.4. The normalized spacial score (nSPS) is 24.0. The second kappa shape index (κ2) is 8.50. The third-order valence-electron chi connectivity index (χ3n) is 7.07. The average molecular weight is 381 g/mol. The molecular formula is C24H32N2O2. The molecular weight excluding hydrogens is 348 g/mol.